The zero-order valence-corrected chi connectivity index (χ0v) is 73.9. The fourth-order valence-electron chi connectivity index (χ4n) is 20.6. The van der Waals surface area contributed by atoms with Crippen LogP contribution in [-0.4, -0.2) is 142 Å². The molecular weight excluding hydrogens is 1670 g/mol. The molecule has 0 fully saturated rings. The lowest BCUT2D eigenvalue weighted by atomic mass is 9.82. The minimum Gasteiger partial charge on any atom is -0.462 e. The van der Waals surface area contributed by atoms with E-state index in [1.54, 1.807) is 97.1 Å². The first-order valence-corrected chi connectivity index (χ1v) is 45.4. The van der Waals surface area contributed by atoms with E-state index >= 15 is 9.59 Å². The molecule has 0 atom stereocenters. The van der Waals surface area contributed by atoms with Crippen LogP contribution in [0.25, 0.3) is 129 Å². The van der Waals surface area contributed by atoms with E-state index in [4.69, 9.17) is 28.4 Å². The summed E-state index contributed by atoms with van der Waals surface area (Å²) in [4.78, 5) is 181. The molecule has 21 rings (SSSR count). The van der Waals surface area contributed by atoms with Gasteiger partial charge in [-0.3, -0.25) is 58.0 Å². The number of amides is 8. The molecular formula is C110H88N4O18. The fourth-order valence-corrected chi connectivity index (χ4v) is 20.6. The molecule has 0 aliphatic carbocycles. The molecule has 0 N–H and O–H groups in total. The molecule has 0 radical (unpaired) electrons. The van der Waals surface area contributed by atoms with Gasteiger partial charge in [-0.25, -0.2) is 19.2 Å². The van der Waals surface area contributed by atoms with Crippen LogP contribution in [0.5, 0.6) is 23.0 Å². The Bertz CT molecular complexity index is 7300. The Morgan fingerprint density at radius 1 is 0.258 bits per heavy atom. The zero-order valence-electron chi connectivity index (χ0n) is 73.9. The van der Waals surface area contributed by atoms with Gasteiger partial charge in [0.25, 0.3) is 47.3 Å². The summed E-state index contributed by atoms with van der Waals surface area (Å²) >= 11 is 0. The number of rotatable bonds is 28. The van der Waals surface area contributed by atoms with Gasteiger partial charge in [-0.05, 0) is 250 Å². The lowest BCUT2D eigenvalue weighted by Crippen LogP contribution is -2.44. The average molecular weight is 1750 g/mol. The third-order valence-corrected chi connectivity index (χ3v) is 26.9. The van der Waals surface area contributed by atoms with Gasteiger partial charge in [0.15, 0.2) is 0 Å². The van der Waals surface area contributed by atoms with Gasteiger partial charge >= 0.3 is 23.9 Å². The van der Waals surface area contributed by atoms with Crippen LogP contribution in [0.4, 0.5) is 0 Å². The third-order valence-electron chi connectivity index (χ3n) is 26.9. The largest absolute Gasteiger partial charge is 0.462 e. The van der Waals surface area contributed by atoms with Crippen molar-refractivity contribution in [3.05, 3.63) is 260 Å². The molecule has 8 amide bonds. The summed E-state index contributed by atoms with van der Waals surface area (Å²) in [6.07, 6.45) is 5.40. The Labute approximate surface area is 755 Å². The Balaban J connectivity index is 0.638. The first kappa shape index (κ1) is 83.6. The van der Waals surface area contributed by atoms with Crippen LogP contribution in [0.3, 0.4) is 0 Å². The Morgan fingerprint density at radius 3 is 0.750 bits per heavy atom. The Hall–Kier alpha value is -15.3. The monoisotopic (exact) mass is 1750 g/mol. The second kappa shape index (κ2) is 32.4. The predicted molar refractivity (Wildman–Crippen MR) is 506 cm³/mol. The summed E-state index contributed by atoms with van der Waals surface area (Å²) in [5.41, 5.74) is 4.62. The lowest BCUT2D eigenvalue weighted by Gasteiger charge is -2.31. The summed E-state index contributed by atoms with van der Waals surface area (Å²) < 4.78 is 38.5. The van der Waals surface area contributed by atoms with Crippen molar-refractivity contribution in [3.8, 4) is 23.0 Å². The quantitative estimate of drug-likeness (QED) is 0.0110. The molecule has 0 saturated heterocycles. The van der Waals surface area contributed by atoms with Crippen LogP contribution in [0.2, 0.25) is 0 Å². The predicted octanol–water partition coefficient (Wildman–Crippen LogP) is 22.9. The molecule has 4 heterocycles. The van der Waals surface area contributed by atoms with Crippen LogP contribution in [0.15, 0.2) is 182 Å². The summed E-state index contributed by atoms with van der Waals surface area (Å²) in [6, 6.07) is 52.3. The van der Waals surface area contributed by atoms with Gasteiger partial charge in [0.05, 0.1) is 48.7 Å². The first-order valence-electron chi connectivity index (χ1n) is 45.4. The molecule has 22 nitrogen and oxygen atoms in total. The van der Waals surface area contributed by atoms with Gasteiger partial charge in [-0.15, -0.1) is 0 Å². The van der Waals surface area contributed by atoms with Crippen molar-refractivity contribution in [1.82, 2.24) is 19.6 Å². The fraction of sp³-hybridized carbons (Fsp3) is 0.236. The van der Waals surface area contributed by atoms with E-state index in [0.29, 0.717) is 150 Å². The molecule has 17 aromatic carbocycles. The summed E-state index contributed by atoms with van der Waals surface area (Å²) in [5.74, 6) is -5.53. The van der Waals surface area contributed by atoms with Crippen molar-refractivity contribution in [2.24, 2.45) is 0 Å². The SMILES string of the molecule is CCCCOC(=O)c1ccc2c3c(Oc4ccc(CCN5C(=O)c6ccc7c8ccc9c%10c(ccc(c%11ccc(c6c7%11)C5=O)c%108)C(=O)N(C(C)C)C9=O)cc4)cc(C(=O)OCCCC)c4c(C(=O)OCCCC)ccc(c5c(Oc6ccc(CCN7C(=O)c8ccc9c%10ccc%11c%12c(ccc(c%13ccc(c8c9%13)C7=O)c%12%10)C(=O)N(C(C)C)C%11=O)cc6)cc(C(=O)OCCCC)c1c25)c43. The van der Waals surface area contributed by atoms with Crippen molar-refractivity contribution in [2.45, 2.75) is 132 Å². The number of nitrogens with zero attached hydrogens (tertiary/aromatic N) is 4. The normalized spacial score (nSPS) is 14.0. The summed E-state index contributed by atoms with van der Waals surface area (Å²) in [5, 5.41) is 13.9. The van der Waals surface area contributed by atoms with Crippen molar-refractivity contribution in [3.63, 3.8) is 0 Å². The maximum atomic E-state index is 15.3. The van der Waals surface area contributed by atoms with Crippen molar-refractivity contribution < 1.29 is 86.0 Å². The second-order valence-corrected chi connectivity index (χ2v) is 35.3. The van der Waals surface area contributed by atoms with E-state index < -0.39 is 47.5 Å². The smallest absolute Gasteiger partial charge is 0.338 e. The van der Waals surface area contributed by atoms with Gasteiger partial charge in [-0.1, -0.05) is 138 Å². The molecule has 0 spiro atoms. The molecule has 0 bridgehead atoms. The first-order chi connectivity index (χ1) is 64.0. The van der Waals surface area contributed by atoms with E-state index in [1.165, 1.54) is 31.7 Å². The van der Waals surface area contributed by atoms with Crippen LogP contribution in [0, 0.1) is 0 Å². The number of hydrogen-bond donors (Lipinski definition) is 0. The van der Waals surface area contributed by atoms with Crippen LogP contribution < -0.4 is 9.47 Å². The minimum absolute atomic E-state index is 0.00348. The number of hydrogen-bond acceptors (Lipinski definition) is 18. The van der Waals surface area contributed by atoms with Crippen molar-refractivity contribution >= 4 is 200 Å². The highest BCUT2D eigenvalue weighted by Crippen LogP contribution is 2.55. The lowest BCUT2D eigenvalue weighted by molar-refractivity contribution is 0.0484. The van der Waals surface area contributed by atoms with Crippen LogP contribution >= 0.6 is 0 Å². The Morgan fingerprint density at radius 2 is 0.500 bits per heavy atom. The van der Waals surface area contributed by atoms with E-state index in [9.17, 15) is 47.9 Å². The molecule has 22 heteroatoms. The molecule has 4 aliphatic rings. The van der Waals surface area contributed by atoms with E-state index in [1.807, 2.05) is 128 Å². The number of benzene rings is 17. The number of esters is 4. The molecule has 4 aliphatic heterocycles. The number of ether oxygens (including phenoxy) is 6. The number of carbonyl (C=O) groups excluding carboxylic acids is 12. The minimum atomic E-state index is -0.767. The van der Waals surface area contributed by atoms with Gasteiger partial charge in [0, 0.05) is 124 Å². The zero-order chi connectivity index (χ0) is 91.4. The average Bonchev–Trinajstić information content (AvgIpc) is 0.696. The summed E-state index contributed by atoms with van der Waals surface area (Å²) in [7, 11) is 0. The van der Waals surface area contributed by atoms with E-state index in [-0.39, 0.29) is 144 Å². The topological polar surface area (TPSA) is 273 Å². The number of carbonyl (C=O) groups is 12. The van der Waals surface area contributed by atoms with Gasteiger partial charge in [0.1, 0.15) is 23.0 Å². The highest BCUT2D eigenvalue weighted by atomic mass is 16.5. The van der Waals surface area contributed by atoms with Crippen LogP contribution in [0.1, 0.15) is 242 Å². The number of fused-ring (bicyclic) bond motifs is 6. The van der Waals surface area contributed by atoms with Gasteiger partial charge < -0.3 is 28.4 Å². The third kappa shape index (κ3) is 12.8. The molecule has 0 aromatic heterocycles. The standard InChI is InChI=1S/C110H88N4O18/c1-9-13-49-127-107(123)79-43-33-69-96-84(132-60-23-19-58(20-24-60)46-48-112-101(117)73-37-27-63-67-31-41-77-92-78(106(122)114(56(7)8)105(77)121)42-32-68(88(67)92)64-28-38-74(102(112)118)90(73)86(63)64)54-82(110(126)130-52-16-12-4)94-80(108(124)128-50-14-10-2)44-34-70(98(94)96)95-83(53-81(93(79)97(69)95)109(125)129-51-15-11-3)131-59-21-17-57(18-22-59)45-47-111-99(115)71-35-25-61-65-29-39-75-91-76(104(120)113(55(5)6)103(75)119)40-30-66(87(65)91)62-26-36-72(100(111)116)89(71)85(61)62/h17-44,53-56H,9-16,45-52H2,1-8H3. The summed E-state index contributed by atoms with van der Waals surface area (Å²) in [6.45, 7) is 15.3. The van der Waals surface area contributed by atoms with E-state index in [2.05, 4.69) is 0 Å². The molecule has 0 unspecified atom stereocenters. The number of unbranched alkanes of at least 4 members (excludes halogenated alkanes) is 4. The highest BCUT2D eigenvalue weighted by Gasteiger charge is 2.42. The highest BCUT2D eigenvalue weighted by molar-refractivity contribution is 6.45. The van der Waals surface area contributed by atoms with Gasteiger partial charge in [-0.2, -0.15) is 0 Å². The molecule has 656 valence electrons. The molecule has 17 aromatic rings. The van der Waals surface area contributed by atoms with Crippen molar-refractivity contribution in [1.29, 1.82) is 0 Å². The van der Waals surface area contributed by atoms with Gasteiger partial charge in [0.2, 0.25) is 0 Å². The van der Waals surface area contributed by atoms with E-state index in [0.717, 1.165) is 75.8 Å². The maximum absolute atomic E-state index is 15.3. The van der Waals surface area contributed by atoms with Crippen molar-refractivity contribution in [2.75, 3.05) is 39.5 Å². The number of imide groups is 4. The second-order valence-electron chi connectivity index (χ2n) is 35.3. The molecule has 132 heavy (non-hydrogen) atoms. The Kier molecular flexibility index (Phi) is 20.5. The molecule has 0 saturated carbocycles. The maximum Gasteiger partial charge on any atom is 0.338 e. The van der Waals surface area contributed by atoms with Crippen LogP contribution in [-0.2, 0) is 31.8 Å².